The molecule has 32 heavy (non-hydrogen) atoms. The molecule has 0 amide bonds. The summed E-state index contributed by atoms with van der Waals surface area (Å²) in [6, 6.07) is 17.8. The Morgan fingerprint density at radius 2 is 1.88 bits per heavy atom. The minimum atomic E-state index is -0.442. The van der Waals surface area contributed by atoms with Gasteiger partial charge in [-0.2, -0.15) is 5.26 Å². The molecular weight excluding hydrogens is 404 g/mol. The quantitative estimate of drug-likeness (QED) is 0.279. The summed E-state index contributed by atoms with van der Waals surface area (Å²) in [7, 11) is 1.66. The normalized spacial score (nSPS) is 12.0. The third kappa shape index (κ3) is 9.27. The fourth-order valence-electron chi connectivity index (χ4n) is 2.88. The predicted octanol–water partition coefficient (Wildman–Crippen LogP) is 4.04. The van der Waals surface area contributed by atoms with Crippen LogP contribution in [0.15, 0.2) is 53.5 Å². The molecule has 1 atom stereocenters. The molecule has 0 aromatic heterocycles. The van der Waals surface area contributed by atoms with Gasteiger partial charge < -0.3 is 24.8 Å². The van der Waals surface area contributed by atoms with Gasteiger partial charge in [0.25, 0.3) is 0 Å². The summed E-state index contributed by atoms with van der Waals surface area (Å²) in [4.78, 5) is 4.73. The van der Waals surface area contributed by atoms with Gasteiger partial charge in [-0.25, -0.2) is 4.99 Å². The van der Waals surface area contributed by atoms with E-state index in [2.05, 4.69) is 16.7 Å². The summed E-state index contributed by atoms with van der Waals surface area (Å²) in [5.74, 6) is 2.25. The first-order valence-corrected chi connectivity index (χ1v) is 11.1. The molecule has 172 valence electrons. The van der Waals surface area contributed by atoms with Gasteiger partial charge in [-0.1, -0.05) is 31.2 Å². The topological polar surface area (TPSA) is 87.9 Å². The van der Waals surface area contributed by atoms with E-state index < -0.39 is 6.10 Å². The molecule has 0 heterocycles. The number of benzene rings is 2. The molecule has 2 rings (SSSR count). The van der Waals surface area contributed by atoms with Crippen LogP contribution in [0.4, 0.5) is 0 Å². The minimum absolute atomic E-state index is 0.442. The second-order valence-electron chi connectivity index (χ2n) is 7.13. The molecule has 0 aliphatic carbocycles. The smallest absolute Gasteiger partial charge is 0.191 e. The largest absolute Gasteiger partial charge is 0.497 e. The monoisotopic (exact) mass is 438 g/mol. The van der Waals surface area contributed by atoms with Crippen molar-refractivity contribution in [2.45, 2.75) is 45.9 Å². The van der Waals surface area contributed by atoms with Crippen molar-refractivity contribution >= 4 is 5.96 Å². The number of nitriles is 1. The lowest BCUT2D eigenvalue weighted by Crippen LogP contribution is -2.37. The van der Waals surface area contributed by atoms with Gasteiger partial charge in [-0.3, -0.25) is 0 Å². The van der Waals surface area contributed by atoms with Gasteiger partial charge >= 0.3 is 0 Å². The fraction of sp³-hybridized carbons (Fsp3) is 0.440. The first-order valence-electron chi connectivity index (χ1n) is 11.1. The molecule has 0 fully saturated rings. The van der Waals surface area contributed by atoms with Crippen molar-refractivity contribution in [3.8, 4) is 17.6 Å². The molecule has 0 aliphatic rings. The van der Waals surface area contributed by atoms with Crippen molar-refractivity contribution in [1.29, 1.82) is 5.26 Å². The summed E-state index contributed by atoms with van der Waals surface area (Å²) >= 11 is 0. The Labute approximate surface area is 191 Å². The van der Waals surface area contributed by atoms with E-state index in [0.717, 1.165) is 42.4 Å². The number of rotatable bonds is 13. The number of nitrogens with one attached hydrogen (secondary N) is 2. The van der Waals surface area contributed by atoms with Crippen molar-refractivity contribution in [1.82, 2.24) is 10.6 Å². The number of aliphatic imine (C=N–C) groups is 1. The number of methoxy groups -OCH3 is 1. The van der Waals surface area contributed by atoms with E-state index in [-0.39, 0.29) is 0 Å². The van der Waals surface area contributed by atoms with Gasteiger partial charge in [0.1, 0.15) is 17.6 Å². The van der Waals surface area contributed by atoms with Gasteiger partial charge in [0.2, 0.25) is 0 Å². The van der Waals surface area contributed by atoms with Crippen LogP contribution >= 0.6 is 0 Å². The molecule has 0 spiro atoms. The molecular formula is C25H34N4O3. The fourth-order valence-corrected chi connectivity index (χ4v) is 2.88. The Morgan fingerprint density at radius 3 is 2.56 bits per heavy atom. The molecule has 0 aliphatic heterocycles. The average Bonchev–Trinajstić information content (AvgIpc) is 2.84. The highest BCUT2D eigenvalue weighted by molar-refractivity contribution is 5.79. The van der Waals surface area contributed by atoms with Crippen molar-refractivity contribution in [2.75, 3.05) is 26.9 Å². The van der Waals surface area contributed by atoms with E-state index in [9.17, 15) is 0 Å². The predicted molar refractivity (Wildman–Crippen MR) is 127 cm³/mol. The van der Waals surface area contributed by atoms with Crippen LogP contribution in [0.1, 0.15) is 37.8 Å². The van der Waals surface area contributed by atoms with Gasteiger partial charge in [-0.05, 0) is 55.2 Å². The number of hydrogen-bond donors (Lipinski definition) is 2. The summed E-state index contributed by atoms with van der Waals surface area (Å²) in [5, 5.41) is 15.9. The van der Waals surface area contributed by atoms with Gasteiger partial charge in [0.05, 0.1) is 13.7 Å². The van der Waals surface area contributed by atoms with E-state index in [1.807, 2.05) is 62.4 Å². The van der Waals surface area contributed by atoms with Crippen LogP contribution in [-0.2, 0) is 17.8 Å². The highest BCUT2D eigenvalue weighted by Crippen LogP contribution is 2.16. The van der Waals surface area contributed by atoms with Gasteiger partial charge in [0.15, 0.2) is 12.1 Å². The molecule has 7 nitrogen and oxygen atoms in total. The highest BCUT2D eigenvalue weighted by Gasteiger charge is 2.07. The Balaban J connectivity index is 2.00. The molecule has 2 N–H and O–H groups in total. The Kier molecular flexibility index (Phi) is 11.5. The lowest BCUT2D eigenvalue weighted by atomic mass is 10.2. The van der Waals surface area contributed by atoms with Crippen LogP contribution < -0.4 is 20.1 Å². The van der Waals surface area contributed by atoms with Gasteiger partial charge in [-0.15, -0.1) is 0 Å². The van der Waals surface area contributed by atoms with Crippen LogP contribution in [0.2, 0.25) is 0 Å². The first kappa shape index (κ1) is 25.0. The van der Waals surface area contributed by atoms with Crippen molar-refractivity contribution in [2.24, 2.45) is 4.99 Å². The molecule has 0 bridgehead atoms. The zero-order chi connectivity index (χ0) is 23.0. The molecule has 2 aromatic rings. The highest BCUT2D eigenvalue weighted by atomic mass is 16.5. The van der Waals surface area contributed by atoms with Crippen LogP contribution in [0, 0.1) is 11.3 Å². The lowest BCUT2D eigenvalue weighted by molar-refractivity contribution is 0.145. The first-order chi connectivity index (χ1) is 15.7. The summed E-state index contributed by atoms with van der Waals surface area (Å²) in [6.45, 7) is 7.26. The third-order valence-corrected chi connectivity index (χ3v) is 4.69. The number of hydrogen-bond acceptors (Lipinski definition) is 5. The lowest BCUT2D eigenvalue weighted by Gasteiger charge is -2.14. The number of guanidine groups is 1. The van der Waals surface area contributed by atoms with Crippen LogP contribution in [0.25, 0.3) is 0 Å². The van der Waals surface area contributed by atoms with E-state index in [4.69, 9.17) is 24.5 Å². The second kappa shape index (κ2) is 14.7. The molecule has 0 radical (unpaired) electrons. The summed E-state index contributed by atoms with van der Waals surface area (Å²) < 4.78 is 16.4. The zero-order valence-electron chi connectivity index (χ0n) is 19.3. The molecule has 0 saturated heterocycles. The van der Waals surface area contributed by atoms with Crippen LogP contribution in [0.5, 0.6) is 11.5 Å². The second-order valence-corrected chi connectivity index (χ2v) is 7.13. The summed E-state index contributed by atoms with van der Waals surface area (Å²) in [6.07, 6.45) is 1.10. The maximum absolute atomic E-state index is 9.12. The molecule has 1 unspecified atom stereocenters. The average molecular weight is 439 g/mol. The van der Waals surface area contributed by atoms with Crippen molar-refractivity contribution in [3.63, 3.8) is 0 Å². The zero-order valence-corrected chi connectivity index (χ0v) is 19.3. The standard InChI is InChI=1S/C25H34N4O3/c1-4-22(17-26)32-24-9-6-8-21(16-24)19-29-25(27-14-7-15-31-5-2)28-18-20-10-12-23(30-3)13-11-20/h6,8-13,16,22H,4-5,7,14-15,18-19H2,1-3H3,(H2,27,28,29). The molecule has 7 heteroatoms. The van der Waals surface area contributed by atoms with Crippen molar-refractivity contribution < 1.29 is 14.2 Å². The van der Waals surface area contributed by atoms with Crippen molar-refractivity contribution in [3.05, 3.63) is 59.7 Å². The van der Waals surface area contributed by atoms with Crippen LogP contribution in [-0.4, -0.2) is 38.9 Å². The molecule has 0 saturated carbocycles. The Hall–Kier alpha value is -3.24. The number of ether oxygens (including phenoxy) is 3. The van der Waals surface area contributed by atoms with E-state index in [1.165, 1.54) is 0 Å². The summed E-state index contributed by atoms with van der Waals surface area (Å²) in [5.41, 5.74) is 2.14. The Morgan fingerprint density at radius 1 is 1.06 bits per heavy atom. The Bertz CT molecular complexity index is 862. The molecule has 2 aromatic carbocycles. The SMILES string of the molecule is CCOCCCNC(=NCc1cccc(OC(C#N)CC)c1)NCc1ccc(OC)cc1. The van der Waals surface area contributed by atoms with E-state index in [1.54, 1.807) is 7.11 Å². The third-order valence-electron chi connectivity index (χ3n) is 4.69. The van der Waals surface area contributed by atoms with Crippen LogP contribution in [0.3, 0.4) is 0 Å². The number of nitrogens with zero attached hydrogens (tertiary/aromatic N) is 2. The van der Waals surface area contributed by atoms with E-state index in [0.29, 0.717) is 31.9 Å². The van der Waals surface area contributed by atoms with Gasteiger partial charge in [0, 0.05) is 26.3 Å². The maximum Gasteiger partial charge on any atom is 0.191 e. The van der Waals surface area contributed by atoms with E-state index >= 15 is 0 Å². The minimum Gasteiger partial charge on any atom is -0.497 e. The maximum atomic E-state index is 9.12.